The average molecular weight is 637 g/mol. The number of rotatable bonds is 4. The van der Waals surface area contributed by atoms with Gasteiger partial charge in [-0.15, -0.1) is 0 Å². The molecule has 1 N–H and O–H groups in total. The maximum atomic E-state index is 13.5. The molecule has 4 aromatic rings. The summed E-state index contributed by atoms with van der Waals surface area (Å²) >= 11 is 4.27. The lowest BCUT2D eigenvalue weighted by Crippen LogP contribution is -1.90. The first kappa shape index (κ1) is 21.9. The fraction of sp³-hybridized carbons (Fsp3) is 0. The van der Waals surface area contributed by atoms with Crippen molar-refractivity contribution in [2.75, 3.05) is 0 Å². The maximum Gasteiger partial charge on any atom is 0.137 e. The lowest BCUT2D eigenvalue weighted by Gasteiger charge is -2.13. The number of benzene rings is 4. The van der Waals surface area contributed by atoms with Crippen LogP contribution in [0.15, 0.2) is 83.9 Å². The van der Waals surface area contributed by atoms with Gasteiger partial charge in [0.05, 0.1) is 9.26 Å². The van der Waals surface area contributed by atoms with Gasteiger partial charge in [0, 0.05) is 26.5 Å². The van der Waals surface area contributed by atoms with E-state index in [4.69, 9.17) is 4.99 Å². The Morgan fingerprint density at radius 2 is 1.26 bits per heavy atom. The van der Waals surface area contributed by atoms with E-state index in [9.17, 15) is 13.9 Å². The molecule has 0 bridgehead atoms. The predicted octanol–water partition coefficient (Wildman–Crippen LogP) is 7.96. The summed E-state index contributed by atoms with van der Waals surface area (Å²) in [7, 11) is 0. The number of hydrogen-bond donors (Lipinski definition) is 1. The third-order valence-corrected chi connectivity index (χ3v) is 6.18. The van der Waals surface area contributed by atoms with Crippen molar-refractivity contribution in [1.82, 2.24) is 0 Å². The molecule has 6 heteroatoms. The van der Waals surface area contributed by atoms with E-state index in [1.807, 2.05) is 30.3 Å². The van der Waals surface area contributed by atoms with Gasteiger partial charge in [0.15, 0.2) is 0 Å². The Morgan fingerprint density at radius 1 is 0.742 bits per heavy atom. The molecule has 0 aromatic heterocycles. The molecular formula is C25H15F2I2NO. The van der Waals surface area contributed by atoms with Crippen LogP contribution in [0.3, 0.4) is 0 Å². The topological polar surface area (TPSA) is 32.6 Å². The van der Waals surface area contributed by atoms with Gasteiger partial charge < -0.3 is 5.11 Å². The minimum atomic E-state index is -0.318. The van der Waals surface area contributed by atoms with Crippen molar-refractivity contribution in [3.63, 3.8) is 0 Å². The lowest BCUT2D eigenvalue weighted by atomic mass is 9.96. The summed E-state index contributed by atoms with van der Waals surface area (Å²) in [5.74, 6) is -0.476. The van der Waals surface area contributed by atoms with Gasteiger partial charge in [-0.2, -0.15) is 0 Å². The van der Waals surface area contributed by atoms with E-state index >= 15 is 0 Å². The molecule has 154 valence electrons. The van der Waals surface area contributed by atoms with Crippen LogP contribution < -0.4 is 0 Å². The summed E-state index contributed by atoms with van der Waals surface area (Å²) in [5, 5.41) is 10.4. The van der Waals surface area contributed by atoms with Gasteiger partial charge in [0.2, 0.25) is 0 Å². The van der Waals surface area contributed by atoms with Crippen LogP contribution >= 0.6 is 45.2 Å². The second kappa shape index (κ2) is 9.44. The second-order valence-corrected chi connectivity index (χ2v) is 9.21. The van der Waals surface area contributed by atoms with Crippen molar-refractivity contribution in [2.24, 2.45) is 4.99 Å². The summed E-state index contributed by atoms with van der Waals surface area (Å²) in [6.07, 6.45) is 1.62. The number of aromatic hydroxyl groups is 1. The molecule has 0 radical (unpaired) electrons. The maximum absolute atomic E-state index is 13.5. The fourth-order valence-electron chi connectivity index (χ4n) is 3.23. The van der Waals surface area contributed by atoms with Gasteiger partial charge in [-0.05, 0) is 92.7 Å². The van der Waals surface area contributed by atoms with Crippen LogP contribution in [-0.4, -0.2) is 11.3 Å². The number of para-hydroxylation sites is 1. The Kier molecular flexibility index (Phi) is 6.66. The van der Waals surface area contributed by atoms with Crippen LogP contribution in [0, 0.1) is 18.8 Å². The molecule has 0 unspecified atom stereocenters. The highest BCUT2D eigenvalue weighted by molar-refractivity contribution is 14.1. The predicted molar refractivity (Wildman–Crippen MR) is 138 cm³/mol. The van der Waals surface area contributed by atoms with Gasteiger partial charge in [-0.25, -0.2) is 8.78 Å². The van der Waals surface area contributed by atoms with Crippen molar-refractivity contribution < 1.29 is 13.9 Å². The Bertz CT molecular complexity index is 1210. The summed E-state index contributed by atoms with van der Waals surface area (Å²) < 4.78 is 28.7. The third kappa shape index (κ3) is 4.95. The van der Waals surface area contributed by atoms with E-state index in [1.54, 1.807) is 30.5 Å². The number of nitrogens with zero attached hydrogens (tertiary/aromatic N) is 1. The first-order valence-electron chi connectivity index (χ1n) is 9.29. The first-order valence-corrected chi connectivity index (χ1v) is 11.4. The van der Waals surface area contributed by atoms with Crippen LogP contribution in [0.1, 0.15) is 5.56 Å². The zero-order valence-electron chi connectivity index (χ0n) is 16.0. The molecule has 0 spiro atoms. The molecule has 31 heavy (non-hydrogen) atoms. The highest BCUT2D eigenvalue weighted by atomic mass is 127. The number of phenolic OH excluding ortho intramolecular Hbond substituents is 1. The molecule has 0 aliphatic carbocycles. The summed E-state index contributed by atoms with van der Waals surface area (Å²) in [6, 6.07) is 21.8. The van der Waals surface area contributed by atoms with Crippen LogP contribution in [0.4, 0.5) is 14.5 Å². The van der Waals surface area contributed by atoms with E-state index in [0.29, 0.717) is 11.3 Å². The fourth-order valence-corrected chi connectivity index (χ4v) is 5.12. The van der Waals surface area contributed by atoms with Crippen molar-refractivity contribution >= 4 is 57.1 Å². The molecule has 4 rings (SSSR count). The standard InChI is InChI=1S/C25H15F2I2NO/c26-18-8-4-15(5-9-18)21-2-1-3-22(16-6-10-19(27)11-7-16)24(21)30-14-17-12-20(28)13-23(29)25(17)31/h1-14,31H. The monoisotopic (exact) mass is 637 g/mol. The molecule has 0 saturated heterocycles. The van der Waals surface area contributed by atoms with Gasteiger partial charge in [0.25, 0.3) is 0 Å². The molecule has 0 heterocycles. The van der Waals surface area contributed by atoms with Crippen molar-refractivity contribution in [1.29, 1.82) is 0 Å². The Balaban J connectivity index is 1.91. The lowest BCUT2D eigenvalue weighted by molar-refractivity contribution is 0.470. The molecule has 0 aliphatic heterocycles. The largest absolute Gasteiger partial charge is 0.506 e. The van der Waals surface area contributed by atoms with E-state index in [-0.39, 0.29) is 17.4 Å². The molecule has 0 aliphatic rings. The van der Waals surface area contributed by atoms with Gasteiger partial charge in [0.1, 0.15) is 17.4 Å². The highest BCUT2D eigenvalue weighted by Crippen LogP contribution is 2.39. The number of aliphatic imine (C=N–C) groups is 1. The number of hydrogen-bond acceptors (Lipinski definition) is 2. The van der Waals surface area contributed by atoms with Crippen molar-refractivity contribution in [3.05, 3.63) is 103 Å². The van der Waals surface area contributed by atoms with Gasteiger partial charge in [-0.3, -0.25) is 4.99 Å². The van der Waals surface area contributed by atoms with Gasteiger partial charge in [-0.1, -0.05) is 42.5 Å². The smallest absolute Gasteiger partial charge is 0.137 e. The number of phenols is 1. The summed E-state index contributed by atoms with van der Waals surface area (Å²) in [5.41, 5.74) is 4.46. The minimum Gasteiger partial charge on any atom is -0.506 e. The van der Waals surface area contributed by atoms with Crippen LogP contribution in [0.25, 0.3) is 22.3 Å². The normalized spacial score (nSPS) is 11.2. The highest BCUT2D eigenvalue weighted by Gasteiger charge is 2.13. The molecule has 2 nitrogen and oxygen atoms in total. The molecule has 0 amide bonds. The zero-order valence-corrected chi connectivity index (χ0v) is 20.3. The number of halogens is 4. The molecular weight excluding hydrogens is 622 g/mol. The van der Waals surface area contributed by atoms with Crippen LogP contribution in [0.2, 0.25) is 0 Å². The Morgan fingerprint density at radius 3 is 1.77 bits per heavy atom. The first-order chi connectivity index (χ1) is 14.9. The minimum absolute atomic E-state index is 0.160. The average Bonchev–Trinajstić information content (AvgIpc) is 2.76. The second-order valence-electron chi connectivity index (χ2n) is 6.80. The summed E-state index contributed by atoms with van der Waals surface area (Å²) in [4.78, 5) is 4.74. The molecule has 0 atom stereocenters. The van der Waals surface area contributed by atoms with Crippen LogP contribution in [-0.2, 0) is 0 Å². The molecule has 4 aromatic carbocycles. The molecule has 0 fully saturated rings. The van der Waals surface area contributed by atoms with E-state index in [2.05, 4.69) is 45.2 Å². The SMILES string of the molecule is Oc1c(I)cc(I)cc1C=Nc1c(-c2ccc(F)cc2)cccc1-c1ccc(F)cc1. The molecule has 0 saturated carbocycles. The summed E-state index contributed by atoms with van der Waals surface area (Å²) in [6.45, 7) is 0. The van der Waals surface area contributed by atoms with E-state index in [0.717, 1.165) is 29.4 Å². The van der Waals surface area contributed by atoms with Gasteiger partial charge >= 0.3 is 0 Å². The van der Waals surface area contributed by atoms with E-state index < -0.39 is 0 Å². The zero-order chi connectivity index (χ0) is 22.0. The van der Waals surface area contributed by atoms with Crippen molar-refractivity contribution in [2.45, 2.75) is 0 Å². The Hall–Kier alpha value is -2.33. The van der Waals surface area contributed by atoms with E-state index in [1.165, 1.54) is 24.3 Å². The third-order valence-electron chi connectivity index (χ3n) is 4.74. The quantitative estimate of drug-likeness (QED) is 0.179. The van der Waals surface area contributed by atoms with Crippen LogP contribution in [0.5, 0.6) is 5.75 Å². The van der Waals surface area contributed by atoms with Crippen molar-refractivity contribution in [3.8, 4) is 28.0 Å². The Labute approximate surface area is 206 Å².